The van der Waals surface area contributed by atoms with E-state index in [-0.39, 0.29) is 11.7 Å². The fourth-order valence-corrected chi connectivity index (χ4v) is 2.48. The van der Waals surface area contributed by atoms with Crippen LogP contribution in [0.2, 0.25) is 5.02 Å². The summed E-state index contributed by atoms with van der Waals surface area (Å²) in [5.41, 5.74) is 1.72. The average Bonchev–Trinajstić information content (AvgIpc) is 3.02. The van der Waals surface area contributed by atoms with Crippen LogP contribution in [0.1, 0.15) is 22.0 Å². The predicted molar refractivity (Wildman–Crippen MR) is 95.3 cm³/mol. The number of hydrogen-bond donors (Lipinski definition) is 1. The van der Waals surface area contributed by atoms with E-state index < -0.39 is 0 Å². The lowest BCUT2D eigenvalue weighted by molar-refractivity contribution is 0.0940. The predicted octanol–water partition coefficient (Wildman–Crippen LogP) is 3.17. The van der Waals surface area contributed by atoms with Crippen molar-refractivity contribution < 1.29 is 9.53 Å². The quantitative estimate of drug-likeness (QED) is 0.762. The zero-order valence-corrected chi connectivity index (χ0v) is 14.6. The highest BCUT2D eigenvalue weighted by molar-refractivity contribution is 6.30. The second-order valence-electron chi connectivity index (χ2n) is 5.41. The van der Waals surface area contributed by atoms with Gasteiger partial charge in [0.1, 0.15) is 11.6 Å². The summed E-state index contributed by atoms with van der Waals surface area (Å²) in [7, 11) is 1.60. The van der Waals surface area contributed by atoms with Crippen LogP contribution in [0.5, 0.6) is 5.75 Å². The number of methoxy groups -OCH3 is 1. The second kappa shape index (κ2) is 7.36. The van der Waals surface area contributed by atoms with E-state index in [1.165, 1.54) is 0 Å². The van der Waals surface area contributed by atoms with Crippen molar-refractivity contribution in [2.75, 3.05) is 7.11 Å². The van der Waals surface area contributed by atoms with Crippen LogP contribution in [0.15, 0.2) is 48.5 Å². The van der Waals surface area contributed by atoms with Gasteiger partial charge in [0.25, 0.3) is 5.91 Å². The molecule has 0 bridgehead atoms. The van der Waals surface area contributed by atoms with E-state index in [2.05, 4.69) is 15.4 Å². The molecular weight excluding hydrogens is 340 g/mol. The molecule has 3 rings (SSSR count). The van der Waals surface area contributed by atoms with Gasteiger partial charge < -0.3 is 10.1 Å². The first-order valence-corrected chi connectivity index (χ1v) is 8.05. The molecule has 0 aliphatic rings. The zero-order chi connectivity index (χ0) is 17.8. The minimum absolute atomic E-state index is 0.121. The first-order valence-electron chi connectivity index (χ1n) is 7.67. The molecule has 6 nitrogen and oxygen atoms in total. The molecule has 25 heavy (non-hydrogen) atoms. The Morgan fingerprint density at radius 3 is 2.72 bits per heavy atom. The molecule has 0 saturated carbocycles. The molecule has 1 amide bonds. The van der Waals surface area contributed by atoms with Gasteiger partial charge in [-0.25, -0.2) is 9.67 Å². The van der Waals surface area contributed by atoms with Crippen LogP contribution in [0.3, 0.4) is 0 Å². The molecule has 7 heteroatoms. The Morgan fingerprint density at radius 2 is 2.00 bits per heavy atom. The SMILES string of the molecule is COc1cccc(CNC(=O)c2nc(C)n(-c3ccc(Cl)cc3)n2)c1. The summed E-state index contributed by atoms with van der Waals surface area (Å²) in [6, 6.07) is 14.7. The fraction of sp³-hybridized carbons (Fsp3) is 0.167. The Balaban J connectivity index is 1.72. The Labute approximate surface area is 150 Å². The van der Waals surface area contributed by atoms with Gasteiger partial charge in [-0.1, -0.05) is 23.7 Å². The largest absolute Gasteiger partial charge is 0.497 e. The number of carbonyl (C=O) groups excluding carboxylic acids is 1. The van der Waals surface area contributed by atoms with Crippen LogP contribution in [0.25, 0.3) is 5.69 Å². The van der Waals surface area contributed by atoms with E-state index in [0.29, 0.717) is 17.4 Å². The number of nitrogens with zero attached hydrogens (tertiary/aromatic N) is 3. The molecule has 0 saturated heterocycles. The van der Waals surface area contributed by atoms with Crippen molar-refractivity contribution in [1.82, 2.24) is 20.1 Å². The number of rotatable bonds is 5. The summed E-state index contributed by atoms with van der Waals surface area (Å²) in [6.07, 6.45) is 0. The van der Waals surface area contributed by atoms with E-state index in [1.54, 1.807) is 30.8 Å². The number of ether oxygens (including phenoxy) is 1. The number of amides is 1. The highest BCUT2D eigenvalue weighted by Crippen LogP contribution is 2.15. The molecule has 0 spiro atoms. The lowest BCUT2D eigenvalue weighted by atomic mass is 10.2. The smallest absolute Gasteiger partial charge is 0.291 e. The van der Waals surface area contributed by atoms with Gasteiger partial charge in [0.15, 0.2) is 0 Å². The topological polar surface area (TPSA) is 69.0 Å². The number of nitrogens with one attached hydrogen (secondary N) is 1. The molecule has 2 aromatic carbocycles. The van der Waals surface area contributed by atoms with Gasteiger partial charge in [-0.2, -0.15) is 0 Å². The third kappa shape index (κ3) is 3.97. The Kier molecular flexibility index (Phi) is 5.00. The number of halogens is 1. The minimum atomic E-state index is -0.335. The molecular formula is C18H17ClN4O2. The Hall–Kier alpha value is -2.86. The van der Waals surface area contributed by atoms with Crippen LogP contribution in [-0.4, -0.2) is 27.8 Å². The van der Waals surface area contributed by atoms with Gasteiger partial charge in [-0.3, -0.25) is 4.79 Å². The molecule has 1 heterocycles. The molecule has 3 aromatic rings. The van der Waals surface area contributed by atoms with Gasteiger partial charge in [0, 0.05) is 11.6 Å². The minimum Gasteiger partial charge on any atom is -0.497 e. The van der Waals surface area contributed by atoms with Crippen molar-refractivity contribution in [2.24, 2.45) is 0 Å². The second-order valence-corrected chi connectivity index (χ2v) is 5.84. The maximum Gasteiger partial charge on any atom is 0.291 e. The van der Waals surface area contributed by atoms with Gasteiger partial charge in [-0.15, -0.1) is 5.10 Å². The molecule has 0 atom stereocenters. The number of benzene rings is 2. The summed E-state index contributed by atoms with van der Waals surface area (Å²) in [6.45, 7) is 2.16. The van der Waals surface area contributed by atoms with Crippen LogP contribution < -0.4 is 10.1 Å². The summed E-state index contributed by atoms with van der Waals surface area (Å²) in [5, 5.41) is 7.73. The van der Waals surface area contributed by atoms with Crippen molar-refractivity contribution >= 4 is 17.5 Å². The standard InChI is InChI=1S/C18H17ClN4O2/c1-12-21-17(22-23(12)15-8-6-14(19)7-9-15)18(24)20-11-13-4-3-5-16(10-13)25-2/h3-10H,11H2,1-2H3,(H,20,24). The number of hydrogen-bond acceptors (Lipinski definition) is 4. The highest BCUT2D eigenvalue weighted by Gasteiger charge is 2.15. The summed E-state index contributed by atoms with van der Waals surface area (Å²) < 4.78 is 6.78. The van der Waals surface area contributed by atoms with Crippen LogP contribution in [0, 0.1) is 6.92 Å². The zero-order valence-electron chi connectivity index (χ0n) is 13.9. The number of carbonyl (C=O) groups is 1. The average molecular weight is 357 g/mol. The van der Waals surface area contributed by atoms with E-state index in [1.807, 2.05) is 36.4 Å². The van der Waals surface area contributed by atoms with Crippen molar-refractivity contribution in [3.8, 4) is 11.4 Å². The maximum absolute atomic E-state index is 12.3. The summed E-state index contributed by atoms with van der Waals surface area (Å²) in [5.74, 6) is 1.15. The molecule has 0 fully saturated rings. The van der Waals surface area contributed by atoms with Crippen molar-refractivity contribution in [2.45, 2.75) is 13.5 Å². The summed E-state index contributed by atoms with van der Waals surface area (Å²) in [4.78, 5) is 16.6. The molecule has 0 radical (unpaired) electrons. The Morgan fingerprint density at radius 1 is 1.24 bits per heavy atom. The van der Waals surface area contributed by atoms with Crippen molar-refractivity contribution in [1.29, 1.82) is 0 Å². The van der Waals surface area contributed by atoms with E-state index in [4.69, 9.17) is 16.3 Å². The Bertz CT molecular complexity index is 890. The molecule has 1 aromatic heterocycles. The van der Waals surface area contributed by atoms with Crippen molar-refractivity contribution in [3.63, 3.8) is 0 Å². The van der Waals surface area contributed by atoms with Gasteiger partial charge >= 0.3 is 0 Å². The van der Waals surface area contributed by atoms with E-state index in [9.17, 15) is 4.79 Å². The third-order valence-electron chi connectivity index (χ3n) is 3.63. The van der Waals surface area contributed by atoms with E-state index >= 15 is 0 Å². The number of aryl methyl sites for hydroxylation is 1. The van der Waals surface area contributed by atoms with Gasteiger partial charge in [0.2, 0.25) is 5.82 Å². The molecule has 0 aliphatic carbocycles. The molecule has 128 valence electrons. The van der Waals surface area contributed by atoms with Crippen molar-refractivity contribution in [3.05, 3.63) is 70.8 Å². The molecule has 0 aliphatic heterocycles. The first kappa shape index (κ1) is 17.0. The first-order chi connectivity index (χ1) is 12.1. The molecule has 0 unspecified atom stereocenters. The highest BCUT2D eigenvalue weighted by atomic mass is 35.5. The third-order valence-corrected chi connectivity index (χ3v) is 3.88. The number of aromatic nitrogens is 3. The van der Waals surface area contributed by atoms with Gasteiger partial charge in [-0.05, 0) is 48.9 Å². The fourth-order valence-electron chi connectivity index (χ4n) is 2.36. The van der Waals surface area contributed by atoms with Crippen LogP contribution in [-0.2, 0) is 6.54 Å². The van der Waals surface area contributed by atoms with Crippen LogP contribution in [0.4, 0.5) is 0 Å². The lowest BCUT2D eigenvalue weighted by Crippen LogP contribution is -2.24. The summed E-state index contributed by atoms with van der Waals surface area (Å²) >= 11 is 5.90. The van der Waals surface area contributed by atoms with Gasteiger partial charge in [0.05, 0.1) is 12.8 Å². The molecule has 1 N–H and O–H groups in total. The normalized spacial score (nSPS) is 10.5. The monoisotopic (exact) mass is 356 g/mol. The van der Waals surface area contributed by atoms with Crippen LogP contribution >= 0.6 is 11.6 Å². The maximum atomic E-state index is 12.3. The van der Waals surface area contributed by atoms with E-state index in [0.717, 1.165) is 17.0 Å². The lowest BCUT2D eigenvalue weighted by Gasteiger charge is -2.05.